The molecule has 0 radical (unpaired) electrons. The first-order valence-corrected chi connectivity index (χ1v) is 8.36. The van der Waals surface area contributed by atoms with E-state index in [1.807, 2.05) is 0 Å². The van der Waals surface area contributed by atoms with Crippen molar-refractivity contribution >= 4 is 11.6 Å². The van der Waals surface area contributed by atoms with Crippen molar-refractivity contribution in [3.63, 3.8) is 0 Å². The van der Waals surface area contributed by atoms with Gasteiger partial charge in [0.2, 0.25) is 0 Å². The van der Waals surface area contributed by atoms with Crippen molar-refractivity contribution in [3.8, 4) is 11.5 Å². The van der Waals surface area contributed by atoms with Gasteiger partial charge >= 0.3 is 0 Å². The van der Waals surface area contributed by atoms with Crippen LogP contribution in [0.1, 0.15) is 43.7 Å². The second-order valence-electron chi connectivity index (χ2n) is 6.36. The number of rotatable bonds is 3. The van der Waals surface area contributed by atoms with Gasteiger partial charge in [0.05, 0.1) is 5.02 Å². The van der Waals surface area contributed by atoms with Gasteiger partial charge in [-0.3, -0.25) is 0 Å². The normalized spacial score (nSPS) is 21.6. The summed E-state index contributed by atoms with van der Waals surface area (Å²) in [5.41, 5.74) is 2.60. The van der Waals surface area contributed by atoms with Gasteiger partial charge in [0, 0.05) is 5.56 Å². The molecule has 3 nitrogen and oxygen atoms in total. The minimum Gasteiger partial charge on any atom is -0.486 e. The molecule has 3 rings (SSSR count). The predicted molar refractivity (Wildman–Crippen MR) is 85.8 cm³/mol. The van der Waals surface area contributed by atoms with E-state index in [4.69, 9.17) is 21.1 Å². The van der Waals surface area contributed by atoms with Gasteiger partial charge in [0.15, 0.2) is 11.5 Å². The number of hydrogen-bond donors (Lipinski definition) is 1. The maximum atomic E-state index is 6.42. The standard InChI is InChI=1S/C17H24ClNO2/c1-11(2)15-13(8-12-4-3-5-19-10-12)9-14(18)16-17(15)21-7-6-20-16/h9,11-12,19H,3-8,10H2,1-2H3. The number of fused-ring (bicyclic) bond motifs is 1. The van der Waals surface area contributed by atoms with Crippen molar-refractivity contribution in [1.29, 1.82) is 0 Å². The zero-order chi connectivity index (χ0) is 14.8. The first-order valence-electron chi connectivity index (χ1n) is 7.98. The van der Waals surface area contributed by atoms with Crippen LogP contribution in [0, 0.1) is 5.92 Å². The van der Waals surface area contributed by atoms with E-state index in [1.165, 1.54) is 24.0 Å². The van der Waals surface area contributed by atoms with Crippen LogP contribution in [-0.4, -0.2) is 26.3 Å². The van der Waals surface area contributed by atoms with Crippen molar-refractivity contribution < 1.29 is 9.47 Å². The van der Waals surface area contributed by atoms with Gasteiger partial charge in [-0.15, -0.1) is 0 Å². The van der Waals surface area contributed by atoms with Gasteiger partial charge < -0.3 is 14.8 Å². The molecule has 0 saturated carbocycles. The number of benzene rings is 1. The predicted octanol–water partition coefficient (Wildman–Crippen LogP) is 3.78. The van der Waals surface area contributed by atoms with E-state index < -0.39 is 0 Å². The smallest absolute Gasteiger partial charge is 0.180 e. The molecule has 116 valence electrons. The summed E-state index contributed by atoms with van der Waals surface area (Å²) in [4.78, 5) is 0. The minimum absolute atomic E-state index is 0.407. The summed E-state index contributed by atoms with van der Waals surface area (Å²) < 4.78 is 11.6. The third kappa shape index (κ3) is 3.14. The van der Waals surface area contributed by atoms with Gasteiger partial charge in [-0.05, 0) is 55.8 Å². The zero-order valence-electron chi connectivity index (χ0n) is 12.9. The summed E-state index contributed by atoms with van der Waals surface area (Å²) in [6.07, 6.45) is 3.62. The Morgan fingerprint density at radius 1 is 1.29 bits per heavy atom. The van der Waals surface area contributed by atoms with E-state index in [0.29, 0.717) is 30.1 Å². The van der Waals surface area contributed by atoms with E-state index in [0.717, 1.165) is 31.0 Å². The van der Waals surface area contributed by atoms with Gasteiger partial charge in [-0.1, -0.05) is 25.4 Å². The van der Waals surface area contributed by atoms with Crippen LogP contribution >= 0.6 is 11.6 Å². The van der Waals surface area contributed by atoms with Crippen LogP contribution in [0.2, 0.25) is 5.02 Å². The molecule has 21 heavy (non-hydrogen) atoms. The molecule has 4 heteroatoms. The van der Waals surface area contributed by atoms with Crippen molar-refractivity contribution in [2.24, 2.45) is 5.92 Å². The fourth-order valence-corrected chi connectivity index (χ4v) is 3.72. The Balaban J connectivity index is 1.96. The first kappa shape index (κ1) is 15.0. The van der Waals surface area contributed by atoms with E-state index in [2.05, 4.69) is 25.2 Å². The van der Waals surface area contributed by atoms with Crippen LogP contribution in [0.3, 0.4) is 0 Å². The highest BCUT2D eigenvalue weighted by molar-refractivity contribution is 6.32. The highest BCUT2D eigenvalue weighted by Gasteiger charge is 2.26. The molecule has 1 aromatic rings. The molecule has 1 fully saturated rings. The van der Waals surface area contributed by atoms with E-state index in [9.17, 15) is 0 Å². The Labute approximate surface area is 132 Å². The molecule has 2 aliphatic heterocycles. The van der Waals surface area contributed by atoms with Crippen LogP contribution in [-0.2, 0) is 6.42 Å². The molecule has 1 saturated heterocycles. The average molecular weight is 310 g/mol. The highest BCUT2D eigenvalue weighted by atomic mass is 35.5. The Hall–Kier alpha value is -0.930. The van der Waals surface area contributed by atoms with Crippen LogP contribution in [0.4, 0.5) is 0 Å². The van der Waals surface area contributed by atoms with E-state index in [-0.39, 0.29) is 0 Å². The van der Waals surface area contributed by atoms with Gasteiger partial charge in [-0.2, -0.15) is 0 Å². The SMILES string of the molecule is CC(C)c1c(CC2CCCNC2)cc(Cl)c2c1OCCO2. The number of nitrogens with one attached hydrogen (secondary N) is 1. The fourth-order valence-electron chi connectivity index (χ4n) is 3.45. The fraction of sp³-hybridized carbons (Fsp3) is 0.647. The lowest BCUT2D eigenvalue weighted by Crippen LogP contribution is -2.31. The third-order valence-electron chi connectivity index (χ3n) is 4.38. The van der Waals surface area contributed by atoms with Gasteiger partial charge in [-0.25, -0.2) is 0 Å². The Bertz CT molecular complexity index is 510. The molecule has 0 bridgehead atoms. The van der Waals surface area contributed by atoms with Gasteiger partial charge in [0.25, 0.3) is 0 Å². The second kappa shape index (κ2) is 6.45. The van der Waals surface area contributed by atoms with Crippen LogP contribution in [0.5, 0.6) is 11.5 Å². The van der Waals surface area contributed by atoms with Crippen molar-refractivity contribution in [2.75, 3.05) is 26.3 Å². The second-order valence-corrected chi connectivity index (χ2v) is 6.76. The van der Waals surface area contributed by atoms with E-state index in [1.54, 1.807) is 0 Å². The first-order chi connectivity index (χ1) is 10.2. The van der Waals surface area contributed by atoms with Gasteiger partial charge in [0.1, 0.15) is 13.2 Å². The lowest BCUT2D eigenvalue weighted by Gasteiger charge is -2.28. The monoisotopic (exact) mass is 309 g/mol. The van der Waals surface area contributed by atoms with Crippen LogP contribution in [0.25, 0.3) is 0 Å². The lowest BCUT2D eigenvalue weighted by molar-refractivity contribution is 0.169. The Morgan fingerprint density at radius 3 is 2.71 bits per heavy atom. The van der Waals surface area contributed by atoms with Crippen LogP contribution in [0.15, 0.2) is 6.07 Å². The molecular weight excluding hydrogens is 286 g/mol. The molecular formula is C17H24ClNO2. The number of ether oxygens (including phenoxy) is 2. The maximum absolute atomic E-state index is 6.42. The topological polar surface area (TPSA) is 30.5 Å². The molecule has 1 aromatic carbocycles. The largest absolute Gasteiger partial charge is 0.486 e. The Kier molecular flexibility index (Phi) is 4.60. The molecule has 0 amide bonds. The molecule has 1 atom stereocenters. The summed E-state index contributed by atoms with van der Waals surface area (Å²) in [7, 11) is 0. The van der Waals surface area contributed by atoms with Crippen LogP contribution < -0.4 is 14.8 Å². The molecule has 1 N–H and O–H groups in total. The molecule has 2 heterocycles. The lowest BCUT2D eigenvalue weighted by atomic mass is 9.86. The quantitative estimate of drug-likeness (QED) is 0.922. The summed E-state index contributed by atoms with van der Waals surface area (Å²) >= 11 is 6.42. The number of halogens is 1. The van der Waals surface area contributed by atoms with Crippen molar-refractivity contribution in [2.45, 2.75) is 39.0 Å². The van der Waals surface area contributed by atoms with E-state index >= 15 is 0 Å². The average Bonchev–Trinajstić information content (AvgIpc) is 2.48. The van der Waals surface area contributed by atoms with Crippen molar-refractivity contribution in [1.82, 2.24) is 5.32 Å². The van der Waals surface area contributed by atoms with Crippen molar-refractivity contribution in [3.05, 3.63) is 22.2 Å². The third-order valence-corrected chi connectivity index (χ3v) is 4.66. The number of piperidine rings is 1. The summed E-state index contributed by atoms with van der Waals surface area (Å²) in [5, 5.41) is 4.18. The summed E-state index contributed by atoms with van der Waals surface area (Å²) in [6, 6.07) is 2.10. The minimum atomic E-state index is 0.407. The Morgan fingerprint density at radius 2 is 2.05 bits per heavy atom. The highest BCUT2D eigenvalue weighted by Crippen LogP contribution is 2.45. The molecule has 1 unspecified atom stereocenters. The molecule has 0 spiro atoms. The summed E-state index contributed by atoms with van der Waals surface area (Å²) in [5.74, 6) is 2.71. The maximum Gasteiger partial charge on any atom is 0.180 e. The molecule has 0 aliphatic carbocycles. The summed E-state index contributed by atoms with van der Waals surface area (Å²) in [6.45, 7) is 7.86. The molecule has 0 aromatic heterocycles. The molecule has 2 aliphatic rings. The number of hydrogen-bond acceptors (Lipinski definition) is 3. The zero-order valence-corrected chi connectivity index (χ0v) is 13.6.